The molecule has 19 heavy (non-hydrogen) atoms. The first-order chi connectivity index (χ1) is 9.22. The van der Waals surface area contributed by atoms with E-state index in [2.05, 4.69) is 5.32 Å². The Morgan fingerprint density at radius 2 is 1.89 bits per heavy atom. The summed E-state index contributed by atoms with van der Waals surface area (Å²) in [4.78, 5) is 11.5. The molecule has 0 saturated carbocycles. The summed E-state index contributed by atoms with van der Waals surface area (Å²) < 4.78 is 21.8. The molecule has 1 amide bonds. The maximum atomic E-state index is 11.5. The molecule has 2 rings (SSSR count). The molecule has 0 radical (unpaired) electrons. The van der Waals surface area contributed by atoms with Crippen LogP contribution in [0.4, 0.5) is 4.79 Å². The van der Waals surface area contributed by atoms with Gasteiger partial charge in [-0.25, -0.2) is 4.79 Å². The fourth-order valence-corrected chi connectivity index (χ4v) is 2.32. The summed E-state index contributed by atoms with van der Waals surface area (Å²) in [6.07, 6.45) is 4.30. The van der Waals surface area contributed by atoms with E-state index in [0.717, 1.165) is 6.42 Å². The predicted molar refractivity (Wildman–Crippen MR) is 67.7 cm³/mol. The Labute approximate surface area is 113 Å². The second kappa shape index (κ2) is 6.88. The number of rotatable bonds is 3. The van der Waals surface area contributed by atoms with Gasteiger partial charge in [-0.1, -0.05) is 6.08 Å². The third-order valence-electron chi connectivity index (χ3n) is 3.33. The minimum atomic E-state index is -0.415. The zero-order valence-corrected chi connectivity index (χ0v) is 11.3. The summed E-state index contributed by atoms with van der Waals surface area (Å²) in [6, 6.07) is 0. The van der Waals surface area contributed by atoms with Crippen LogP contribution in [0.2, 0.25) is 0 Å². The Morgan fingerprint density at radius 3 is 2.53 bits per heavy atom. The number of amides is 1. The summed E-state index contributed by atoms with van der Waals surface area (Å²) in [5.41, 5.74) is 0. The van der Waals surface area contributed by atoms with Gasteiger partial charge in [0.05, 0.1) is 18.3 Å². The molecule has 108 valence electrons. The lowest BCUT2D eigenvalue weighted by Crippen LogP contribution is -2.36. The molecular formula is C13H21NO5. The fraction of sp³-hybridized carbons (Fsp3) is 0.769. The lowest BCUT2D eigenvalue weighted by atomic mass is 9.97. The van der Waals surface area contributed by atoms with Crippen LogP contribution in [0.3, 0.4) is 0 Å². The molecule has 0 bridgehead atoms. The van der Waals surface area contributed by atoms with Gasteiger partial charge in [-0.3, -0.25) is 0 Å². The van der Waals surface area contributed by atoms with Crippen molar-refractivity contribution < 1.29 is 23.7 Å². The zero-order valence-electron chi connectivity index (χ0n) is 11.3. The molecule has 1 aliphatic heterocycles. The SMILES string of the molecule is CCNC(=O)OC1/C=C/C(OC)CC2OCOC2C1. The molecule has 1 N–H and O–H groups in total. The van der Waals surface area contributed by atoms with E-state index in [0.29, 0.717) is 19.8 Å². The number of nitrogens with one attached hydrogen (secondary N) is 1. The molecule has 1 aliphatic carbocycles. The van der Waals surface area contributed by atoms with Crippen molar-refractivity contribution in [2.75, 3.05) is 20.4 Å². The number of carbonyl (C=O) groups excluding carboxylic acids is 1. The van der Waals surface area contributed by atoms with E-state index in [1.807, 2.05) is 19.1 Å². The Hall–Kier alpha value is -1.11. The van der Waals surface area contributed by atoms with Crippen molar-refractivity contribution in [2.24, 2.45) is 0 Å². The zero-order chi connectivity index (χ0) is 13.7. The van der Waals surface area contributed by atoms with Crippen molar-refractivity contribution in [3.05, 3.63) is 12.2 Å². The summed E-state index contributed by atoms with van der Waals surface area (Å²) in [7, 11) is 1.65. The van der Waals surface area contributed by atoms with Crippen molar-refractivity contribution in [3.8, 4) is 0 Å². The molecule has 6 heteroatoms. The standard InChI is InChI=1S/C13H21NO5/c1-3-14-13(15)19-10-5-4-9(16-2)6-11-12(7-10)18-8-17-11/h4-5,9-12H,3,6-8H2,1-2H3,(H,14,15)/b5-4+. The number of carbonyl (C=O) groups is 1. The van der Waals surface area contributed by atoms with Gasteiger partial charge < -0.3 is 24.3 Å². The topological polar surface area (TPSA) is 66.0 Å². The molecule has 0 aromatic carbocycles. The number of methoxy groups -OCH3 is 1. The highest BCUT2D eigenvalue weighted by molar-refractivity contribution is 5.67. The predicted octanol–water partition coefficient (Wildman–Crippen LogP) is 1.21. The molecule has 2 aliphatic rings. The minimum Gasteiger partial charge on any atom is -0.442 e. The van der Waals surface area contributed by atoms with Gasteiger partial charge in [-0.05, 0) is 13.0 Å². The molecule has 4 unspecified atom stereocenters. The third kappa shape index (κ3) is 3.92. The first-order valence-electron chi connectivity index (χ1n) is 6.61. The molecule has 1 fully saturated rings. The van der Waals surface area contributed by atoms with Crippen molar-refractivity contribution in [1.82, 2.24) is 5.32 Å². The van der Waals surface area contributed by atoms with Gasteiger partial charge in [-0.15, -0.1) is 0 Å². The second-order valence-corrected chi connectivity index (χ2v) is 4.63. The van der Waals surface area contributed by atoms with Crippen LogP contribution >= 0.6 is 0 Å². The normalized spacial score (nSPS) is 35.9. The van der Waals surface area contributed by atoms with E-state index in [4.69, 9.17) is 18.9 Å². The lowest BCUT2D eigenvalue weighted by molar-refractivity contribution is 0.0253. The number of ether oxygens (including phenoxy) is 4. The number of alkyl carbamates (subject to hydrolysis) is 1. The number of hydrogen-bond acceptors (Lipinski definition) is 5. The highest BCUT2D eigenvalue weighted by Gasteiger charge is 2.35. The molecule has 0 aromatic rings. The van der Waals surface area contributed by atoms with Crippen molar-refractivity contribution in [1.29, 1.82) is 0 Å². The molecule has 4 atom stereocenters. The van der Waals surface area contributed by atoms with E-state index in [9.17, 15) is 4.79 Å². The van der Waals surface area contributed by atoms with Gasteiger partial charge in [0, 0.05) is 26.5 Å². The van der Waals surface area contributed by atoms with E-state index < -0.39 is 6.09 Å². The highest BCUT2D eigenvalue weighted by Crippen LogP contribution is 2.26. The summed E-state index contributed by atoms with van der Waals surface area (Å²) in [6.45, 7) is 2.68. The molecule has 1 saturated heterocycles. The van der Waals surface area contributed by atoms with E-state index in [1.165, 1.54) is 0 Å². The Bertz CT molecular complexity index is 333. The lowest BCUT2D eigenvalue weighted by Gasteiger charge is -2.26. The smallest absolute Gasteiger partial charge is 0.407 e. The minimum absolute atomic E-state index is 0.00441. The van der Waals surface area contributed by atoms with Gasteiger partial charge in [0.1, 0.15) is 12.9 Å². The highest BCUT2D eigenvalue weighted by atomic mass is 16.7. The number of hydrogen-bond donors (Lipinski definition) is 1. The van der Waals surface area contributed by atoms with Crippen LogP contribution < -0.4 is 5.32 Å². The van der Waals surface area contributed by atoms with Crippen LogP contribution in [0.1, 0.15) is 19.8 Å². The van der Waals surface area contributed by atoms with Crippen molar-refractivity contribution in [2.45, 2.75) is 44.2 Å². The largest absolute Gasteiger partial charge is 0.442 e. The van der Waals surface area contributed by atoms with E-state index in [1.54, 1.807) is 7.11 Å². The van der Waals surface area contributed by atoms with Crippen LogP contribution in [0, 0.1) is 0 Å². The Balaban J connectivity index is 2.01. The van der Waals surface area contributed by atoms with Gasteiger partial charge >= 0.3 is 6.09 Å². The summed E-state index contributed by atoms with van der Waals surface area (Å²) in [5.74, 6) is 0. The summed E-state index contributed by atoms with van der Waals surface area (Å²) >= 11 is 0. The van der Waals surface area contributed by atoms with Crippen LogP contribution in [0.25, 0.3) is 0 Å². The first-order valence-corrected chi connectivity index (χ1v) is 6.61. The first kappa shape index (κ1) is 14.3. The van der Waals surface area contributed by atoms with Crippen molar-refractivity contribution in [3.63, 3.8) is 0 Å². The van der Waals surface area contributed by atoms with E-state index in [-0.39, 0.29) is 24.4 Å². The van der Waals surface area contributed by atoms with Crippen molar-refractivity contribution >= 4 is 6.09 Å². The average molecular weight is 271 g/mol. The Morgan fingerprint density at radius 1 is 1.26 bits per heavy atom. The molecule has 6 nitrogen and oxygen atoms in total. The quantitative estimate of drug-likeness (QED) is 0.781. The van der Waals surface area contributed by atoms with Gasteiger partial charge in [0.15, 0.2) is 0 Å². The van der Waals surface area contributed by atoms with Crippen LogP contribution in [0.5, 0.6) is 0 Å². The van der Waals surface area contributed by atoms with Gasteiger partial charge in [-0.2, -0.15) is 0 Å². The van der Waals surface area contributed by atoms with Crippen LogP contribution in [0.15, 0.2) is 12.2 Å². The van der Waals surface area contributed by atoms with Gasteiger partial charge in [0.25, 0.3) is 0 Å². The monoisotopic (exact) mass is 271 g/mol. The van der Waals surface area contributed by atoms with E-state index >= 15 is 0 Å². The second-order valence-electron chi connectivity index (χ2n) is 4.63. The fourth-order valence-electron chi connectivity index (χ4n) is 2.32. The maximum Gasteiger partial charge on any atom is 0.407 e. The molecular weight excluding hydrogens is 250 g/mol. The molecule has 1 heterocycles. The molecule has 0 spiro atoms. The third-order valence-corrected chi connectivity index (χ3v) is 3.33. The van der Waals surface area contributed by atoms with Crippen LogP contribution in [-0.2, 0) is 18.9 Å². The van der Waals surface area contributed by atoms with Crippen LogP contribution in [-0.4, -0.2) is 51.0 Å². The Kier molecular flexibility index (Phi) is 5.18. The maximum absolute atomic E-state index is 11.5. The summed E-state index contributed by atoms with van der Waals surface area (Å²) in [5, 5.41) is 2.62. The molecule has 0 aromatic heterocycles. The average Bonchev–Trinajstić information content (AvgIpc) is 2.78. The number of fused-ring (bicyclic) bond motifs is 1. The van der Waals surface area contributed by atoms with Gasteiger partial charge in [0.2, 0.25) is 0 Å².